The van der Waals surface area contributed by atoms with Crippen LogP contribution in [0.15, 0.2) is 41.3 Å². The minimum absolute atomic E-state index is 0.0195. The largest absolute Gasteiger partial charge is 0.311 e. The SMILES string of the molecule is CN(C)S(=O)(=O)c1ccc2c(c1)N(C(=O)Cc1ccc3c(c1)CCC3)CC2. The molecule has 6 heteroatoms. The predicted molar refractivity (Wildman–Crippen MR) is 106 cm³/mol. The Morgan fingerprint density at radius 2 is 1.74 bits per heavy atom. The molecule has 1 aliphatic carbocycles. The second-order valence-electron chi connectivity index (χ2n) is 7.51. The number of carbonyl (C=O) groups is 1. The number of fused-ring (bicyclic) bond motifs is 2. The zero-order chi connectivity index (χ0) is 19.2. The molecule has 0 aromatic heterocycles. The number of rotatable bonds is 4. The maximum Gasteiger partial charge on any atom is 0.242 e. The number of sulfonamides is 1. The summed E-state index contributed by atoms with van der Waals surface area (Å²) in [5, 5.41) is 0. The van der Waals surface area contributed by atoms with Crippen molar-refractivity contribution in [2.45, 2.75) is 37.0 Å². The average Bonchev–Trinajstić information content (AvgIpc) is 3.27. The van der Waals surface area contributed by atoms with E-state index in [0.29, 0.717) is 13.0 Å². The summed E-state index contributed by atoms with van der Waals surface area (Å²) in [6, 6.07) is 11.4. The van der Waals surface area contributed by atoms with Gasteiger partial charge in [0, 0.05) is 26.3 Å². The Hall–Kier alpha value is -2.18. The van der Waals surface area contributed by atoms with Gasteiger partial charge in [-0.3, -0.25) is 4.79 Å². The fraction of sp³-hybridized carbons (Fsp3) is 0.381. The third-order valence-electron chi connectivity index (χ3n) is 5.55. The van der Waals surface area contributed by atoms with Crippen molar-refractivity contribution < 1.29 is 13.2 Å². The smallest absolute Gasteiger partial charge is 0.242 e. The number of nitrogens with zero attached hydrogens (tertiary/aromatic N) is 2. The maximum absolute atomic E-state index is 12.9. The molecule has 0 atom stereocenters. The van der Waals surface area contributed by atoms with Crippen molar-refractivity contribution in [2.75, 3.05) is 25.5 Å². The van der Waals surface area contributed by atoms with Gasteiger partial charge in [-0.05, 0) is 60.1 Å². The normalized spacial score (nSPS) is 15.9. The first-order valence-corrected chi connectivity index (χ1v) is 10.8. The van der Waals surface area contributed by atoms with Gasteiger partial charge < -0.3 is 4.90 Å². The number of aryl methyl sites for hydroxylation is 2. The van der Waals surface area contributed by atoms with Crippen LogP contribution >= 0.6 is 0 Å². The minimum atomic E-state index is -3.52. The molecule has 1 aliphatic heterocycles. The van der Waals surface area contributed by atoms with Crippen LogP contribution in [0.1, 0.15) is 28.7 Å². The predicted octanol–water partition coefficient (Wildman–Crippen LogP) is 2.56. The summed E-state index contributed by atoms with van der Waals surface area (Å²) in [5.41, 5.74) is 5.54. The highest BCUT2D eigenvalue weighted by Gasteiger charge is 2.28. The Kier molecular flexibility index (Phi) is 4.56. The summed E-state index contributed by atoms with van der Waals surface area (Å²) in [5.74, 6) is 0.0195. The van der Waals surface area contributed by atoms with E-state index in [1.54, 1.807) is 17.0 Å². The van der Waals surface area contributed by atoms with Crippen LogP contribution in [0.3, 0.4) is 0 Å². The monoisotopic (exact) mass is 384 g/mol. The van der Waals surface area contributed by atoms with Gasteiger partial charge in [-0.1, -0.05) is 24.3 Å². The molecule has 0 bridgehead atoms. The Morgan fingerprint density at radius 3 is 2.52 bits per heavy atom. The summed E-state index contributed by atoms with van der Waals surface area (Å²) >= 11 is 0. The van der Waals surface area contributed by atoms with Crippen LogP contribution in [-0.4, -0.2) is 39.3 Å². The van der Waals surface area contributed by atoms with Crippen LogP contribution in [0.25, 0.3) is 0 Å². The van der Waals surface area contributed by atoms with E-state index >= 15 is 0 Å². The molecule has 2 aromatic carbocycles. The Bertz CT molecular complexity index is 1010. The molecule has 1 heterocycles. The first-order valence-electron chi connectivity index (χ1n) is 9.33. The molecule has 0 radical (unpaired) electrons. The van der Waals surface area contributed by atoms with Crippen molar-refractivity contribution in [1.29, 1.82) is 0 Å². The van der Waals surface area contributed by atoms with Gasteiger partial charge in [0.05, 0.1) is 11.3 Å². The van der Waals surface area contributed by atoms with Gasteiger partial charge in [-0.2, -0.15) is 0 Å². The van der Waals surface area contributed by atoms with E-state index in [2.05, 4.69) is 12.1 Å². The second-order valence-corrected chi connectivity index (χ2v) is 9.66. The van der Waals surface area contributed by atoms with Crippen molar-refractivity contribution in [3.63, 3.8) is 0 Å². The molecule has 0 fully saturated rings. The summed E-state index contributed by atoms with van der Waals surface area (Å²) < 4.78 is 26.1. The van der Waals surface area contributed by atoms with Crippen LogP contribution in [-0.2, 0) is 40.5 Å². The Balaban J connectivity index is 1.59. The van der Waals surface area contributed by atoms with E-state index in [-0.39, 0.29) is 10.8 Å². The highest BCUT2D eigenvalue weighted by molar-refractivity contribution is 7.89. The van der Waals surface area contributed by atoms with Gasteiger partial charge in [0.2, 0.25) is 15.9 Å². The molecule has 0 spiro atoms. The van der Waals surface area contributed by atoms with E-state index < -0.39 is 10.0 Å². The van der Waals surface area contributed by atoms with Crippen molar-refractivity contribution in [3.05, 3.63) is 58.7 Å². The van der Waals surface area contributed by atoms with Crippen molar-refractivity contribution in [2.24, 2.45) is 0 Å². The quantitative estimate of drug-likeness (QED) is 0.814. The molecular formula is C21H24N2O3S. The third-order valence-corrected chi connectivity index (χ3v) is 7.36. The van der Waals surface area contributed by atoms with Crippen LogP contribution in [0.4, 0.5) is 5.69 Å². The van der Waals surface area contributed by atoms with Crippen LogP contribution in [0, 0.1) is 0 Å². The van der Waals surface area contributed by atoms with E-state index in [0.717, 1.165) is 36.1 Å². The molecule has 27 heavy (non-hydrogen) atoms. The van der Waals surface area contributed by atoms with E-state index in [1.807, 2.05) is 12.1 Å². The summed E-state index contributed by atoms with van der Waals surface area (Å²) in [4.78, 5) is 14.9. The molecule has 2 aliphatic rings. The fourth-order valence-electron chi connectivity index (χ4n) is 3.99. The lowest BCUT2D eigenvalue weighted by Crippen LogP contribution is -2.30. The number of anilines is 1. The van der Waals surface area contributed by atoms with Gasteiger partial charge in [-0.25, -0.2) is 12.7 Å². The molecule has 4 rings (SSSR count). The Morgan fingerprint density at radius 1 is 1.00 bits per heavy atom. The topological polar surface area (TPSA) is 57.7 Å². The lowest BCUT2D eigenvalue weighted by molar-refractivity contribution is -0.117. The number of hydrogen-bond acceptors (Lipinski definition) is 3. The maximum atomic E-state index is 12.9. The number of amides is 1. The number of hydrogen-bond donors (Lipinski definition) is 0. The first kappa shape index (κ1) is 18.2. The molecule has 0 N–H and O–H groups in total. The summed E-state index contributed by atoms with van der Waals surface area (Å²) in [6.07, 6.45) is 4.52. The molecule has 142 valence electrons. The van der Waals surface area contributed by atoms with E-state index in [4.69, 9.17) is 0 Å². The number of carbonyl (C=O) groups excluding carboxylic acids is 1. The van der Waals surface area contributed by atoms with Gasteiger partial charge >= 0.3 is 0 Å². The average molecular weight is 385 g/mol. The number of benzene rings is 2. The van der Waals surface area contributed by atoms with E-state index in [1.165, 1.54) is 35.9 Å². The molecule has 2 aromatic rings. The second kappa shape index (κ2) is 6.77. The van der Waals surface area contributed by atoms with Gasteiger partial charge in [0.25, 0.3) is 0 Å². The molecule has 5 nitrogen and oxygen atoms in total. The zero-order valence-electron chi connectivity index (χ0n) is 15.7. The zero-order valence-corrected chi connectivity index (χ0v) is 16.6. The first-order chi connectivity index (χ1) is 12.9. The standard InChI is InChI=1S/C21H24N2O3S/c1-22(2)27(25,26)19-9-8-17-10-11-23(20(17)14-19)21(24)13-15-6-7-16-4-3-5-18(16)12-15/h6-9,12,14H,3-5,10-11,13H2,1-2H3. The van der Waals surface area contributed by atoms with Gasteiger partial charge in [0.15, 0.2) is 0 Å². The third kappa shape index (κ3) is 3.28. The minimum Gasteiger partial charge on any atom is -0.311 e. The Labute approximate surface area is 160 Å². The fourth-order valence-corrected chi connectivity index (χ4v) is 4.92. The van der Waals surface area contributed by atoms with Gasteiger partial charge in [0.1, 0.15) is 0 Å². The van der Waals surface area contributed by atoms with Crippen LogP contribution in [0.2, 0.25) is 0 Å². The molecule has 1 amide bonds. The summed E-state index contributed by atoms with van der Waals surface area (Å²) in [6.45, 7) is 0.602. The molecule has 0 unspecified atom stereocenters. The van der Waals surface area contributed by atoms with Crippen LogP contribution < -0.4 is 4.90 Å². The molecule has 0 saturated heterocycles. The van der Waals surface area contributed by atoms with Crippen molar-refractivity contribution in [3.8, 4) is 0 Å². The lowest BCUT2D eigenvalue weighted by Gasteiger charge is -2.19. The highest BCUT2D eigenvalue weighted by atomic mass is 32.2. The van der Waals surface area contributed by atoms with E-state index in [9.17, 15) is 13.2 Å². The molecule has 0 saturated carbocycles. The summed E-state index contributed by atoms with van der Waals surface area (Å²) in [7, 11) is -0.491. The highest BCUT2D eigenvalue weighted by Crippen LogP contribution is 2.32. The molecular weight excluding hydrogens is 360 g/mol. The lowest BCUT2D eigenvalue weighted by atomic mass is 10.0. The van der Waals surface area contributed by atoms with Crippen LogP contribution in [0.5, 0.6) is 0 Å². The van der Waals surface area contributed by atoms with Crippen molar-refractivity contribution >= 4 is 21.6 Å². The van der Waals surface area contributed by atoms with Crippen molar-refractivity contribution in [1.82, 2.24) is 4.31 Å². The van der Waals surface area contributed by atoms with Gasteiger partial charge in [-0.15, -0.1) is 0 Å².